The van der Waals surface area contributed by atoms with Gasteiger partial charge in [-0.15, -0.1) is 0 Å². The number of hydrogen-bond acceptors (Lipinski definition) is 4. The highest BCUT2D eigenvalue weighted by Crippen LogP contribution is 2.21. The van der Waals surface area contributed by atoms with Crippen LogP contribution in [0.5, 0.6) is 0 Å². The van der Waals surface area contributed by atoms with Gasteiger partial charge < -0.3 is 19.9 Å². The number of likely N-dealkylation sites (N-methyl/N-ethyl adjacent to an activating group) is 1. The molecule has 138 valence electrons. The molecule has 4 rings (SSSR count). The Morgan fingerprint density at radius 1 is 1.12 bits per heavy atom. The summed E-state index contributed by atoms with van der Waals surface area (Å²) < 4.78 is 0. The molecule has 7 heteroatoms. The van der Waals surface area contributed by atoms with Gasteiger partial charge in [0.15, 0.2) is 0 Å². The number of amides is 1. The molecule has 2 aliphatic rings. The SMILES string of the molecule is CN1C[C@@H](C(=O)O)CN2CCN(C(=O)c3ccc4[nH]ccc4c3)C[C@@H]2C1. The molecule has 2 fully saturated rings. The standard InChI is InChI=1S/C19H24N4O3/c1-21-9-15(19(25)26)10-22-6-7-23(12-16(22)11-21)18(24)14-2-3-17-13(8-14)4-5-20-17/h2-5,8,15-16,20H,6-7,9-12H2,1H3,(H,25,26)/t15-,16+/m1/s1. The molecule has 2 N–H and O–H groups in total. The lowest BCUT2D eigenvalue weighted by Crippen LogP contribution is -2.57. The number of nitrogens with zero attached hydrogens (tertiary/aromatic N) is 3. The van der Waals surface area contributed by atoms with Gasteiger partial charge in [0.2, 0.25) is 0 Å². The van der Waals surface area contributed by atoms with Crippen LogP contribution in [0.3, 0.4) is 0 Å². The first kappa shape index (κ1) is 17.1. The fourth-order valence-electron chi connectivity index (χ4n) is 4.17. The Hall–Kier alpha value is -2.38. The number of aliphatic carboxylic acids is 1. The third-order valence-corrected chi connectivity index (χ3v) is 5.55. The van der Waals surface area contributed by atoms with Crippen molar-refractivity contribution in [3.8, 4) is 0 Å². The number of fused-ring (bicyclic) bond motifs is 2. The first-order chi connectivity index (χ1) is 12.5. The molecule has 2 atom stereocenters. The van der Waals surface area contributed by atoms with E-state index in [1.54, 1.807) is 0 Å². The Balaban J connectivity index is 1.50. The van der Waals surface area contributed by atoms with E-state index >= 15 is 0 Å². The largest absolute Gasteiger partial charge is 0.481 e. The molecule has 7 nitrogen and oxygen atoms in total. The smallest absolute Gasteiger partial charge is 0.309 e. The second-order valence-corrected chi connectivity index (χ2v) is 7.44. The summed E-state index contributed by atoms with van der Waals surface area (Å²) in [5.41, 5.74) is 1.73. The minimum absolute atomic E-state index is 0.0504. The van der Waals surface area contributed by atoms with Crippen LogP contribution in [0.15, 0.2) is 30.5 Å². The Kier molecular flexibility index (Phi) is 4.42. The number of rotatable bonds is 2. The second kappa shape index (κ2) is 6.74. The van der Waals surface area contributed by atoms with E-state index in [4.69, 9.17) is 0 Å². The van der Waals surface area contributed by atoms with Gasteiger partial charge in [-0.3, -0.25) is 14.5 Å². The van der Waals surface area contributed by atoms with Gasteiger partial charge in [0.05, 0.1) is 5.92 Å². The lowest BCUT2D eigenvalue weighted by Gasteiger charge is -2.41. The zero-order valence-electron chi connectivity index (χ0n) is 14.9. The van der Waals surface area contributed by atoms with Crippen LogP contribution in [-0.4, -0.2) is 89.0 Å². The molecule has 3 heterocycles. The van der Waals surface area contributed by atoms with Gasteiger partial charge in [-0.05, 0) is 31.3 Å². The summed E-state index contributed by atoms with van der Waals surface area (Å²) in [5.74, 6) is -1.06. The highest BCUT2D eigenvalue weighted by atomic mass is 16.4. The maximum atomic E-state index is 13.0. The van der Waals surface area contributed by atoms with E-state index in [1.807, 2.05) is 42.4 Å². The van der Waals surface area contributed by atoms with Crippen LogP contribution < -0.4 is 0 Å². The molecule has 2 saturated heterocycles. The van der Waals surface area contributed by atoms with E-state index < -0.39 is 5.97 Å². The Bertz CT molecular complexity index is 833. The van der Waals surface area contributed by atoms with Crippen LogP contribution in [0, 0.1) is 5.92 Å². The van der Waals surface area contributed by atoms with Crippen molar-refractivity contribution in [3.05, 3.63) is 36.0 Å². The first-order valence-corrected chi connectivity index (χ1v) is 9.03. The molecule has 2 aliphatic heterocycles. The monoisotopic (exact) mass is 356 g/mol. The minimum Gasteiger partial charge on any atom is -0.481 e. The van der Waals surface area contributed by atoms with Crippen LogP contribution in [0.4, 0.5) is 0 Å². The van der Waals surface area contributed by atoms with Gasteiger partial charge in [-0.2, -0.15) is 0 Å². The molecule has 26 heavy (non-hydrogen) atoms. The van der Waals surface area contributed by atoms with E-state index in [-0.39, 0.29) is 17.9 Å². The molecule has 0 radical (unpaired) electrons. The molecule has 0 saturated carbocycles. The number of aromatic amines is 1. The quantitative estimate of drug-likeness (QED) is 0.837. The zero-order valence-corrected chi connectivity index (χ0v) is 14.9. The average Bonchev–Trinajstić information content (AvgIpc) is 3.02. The Morgan fingerprint density at radius 2 is 1.96 bits per heavy atom. The lowest BCUT2D eigenvalue weighted by atomic mass is 10.1. The molecule has 0 spiro atoms. The maximum Gasteiger partial charge on any atom is 0.309 e. The third kappa shape index (κ3) is 3.20. The summed E-state index contributed by atoms with van der Waals surface area (Å²) in [6, 6.07) is 7.89. The van der Waals surface area contributed by atoms with Gasteiger partial charge in [-0.25, -0.2) is 0 Å². The number of H-pyrrole nitrogens is 1. The Labute approximate surface area is 152 Å². The van der Waals surface area contributed by atoms with Crippen LogP contribution >= 0.6 is 0 Å². The molecule has 0 unspecified atom stereocenters. The van der Waals surface area contributed by atoms with Crippen molar-refractivity contribution >= 4 is 22.8 Å². The van der Waals surface area contributed by atoms with Gasteiger partial charge in [0.25, 0.3) is 5.91 Å². The number of carboxylic acid groups (broad SMARTS) is 1. The second-order valence-electron chi connectivity index (χ2n) is 7.44. The van der Waals surface area contributed by atoms with Gasteiger partial charge >= 0.3 is 5.97 Å². The van der Waals surface area contributed by atoms with E-state index in [2.05, 4.69) is 14.8 Å². The predicted octanol–water partition coefficient (Wildman–Crippen LogP) is 0.941. The fourth-order valence-corrected chi connectivity index (χ4v) is 4.17. The van der Waals surface area contributed by atoms with Crippen molar-refractivity contribution in [3.63, 3.8) is 0 Å². The molecule has 0 bridgehead atoms. The number of carbonyl (C=O) groups is 2. The topological polar surface area (TPSA) is 79.9 Å². The predicted molar refractivity (Wildman–Crippen MR) is 98.2 cm³/mol. The van der Waals surface area contributed by atoms with E-state index in [9.17, 15) is 14.7 Å². The van der Waals surface area contributed by atoms with E-state index in [1.165, 1.54) is 0 Å². The highest BCUT2D eigenvalue weighted by molar-refractivity contribution is 5.98. The summed E-state index contributed by atoms with van der Waals surface area (Å²) >= 11 is 0. The zero-order chi connectivity index (χ0) is 18.3. The summed E-state index contributed by atoms with van der Waals surface area (Å²) in [4.78, 5) is 33.8. The molecule has 0 aliphatic carbocycles. The van der Waals surface area contributed by atoms with Crippen LogP contribution in [0.1, 0.15) is 10.4 Å². The molecular formula is C19H24N4O3. The van der Waals surface area contributed by atoms with Crippen LogP contribution in [0.25, 0.3) is 10.9 Å². The molecule has 2 aromatic rings. The number of aromatic nitrogens is 1. The van der Waals surface area contributed by atoms with Crippen molar-refractivity contribution in [1.29, 1.82) is 0 Å². The Morgan fingerprint density at radius 3 is 2.77 bits per heavy atom. The summed E-state index contributed by atoms with van der Waals surface area (Å²) in [6.07, 6.45) is 1.87. The van der Waals surface area contributed by atoms with Gasteiger partial charge in [0, 0.05) is 68.0 Å². The number of benzene rings is 1. The number of carbonyl (C=O) groups excluding carboxylic acids is 1. The van der Waals surface area contributed by atoms with E-state index in [0.29, 0.717) is 31.7 Å². The third-order valence-electron chi connectivity index (χ3n) is 5.55. The summed E-state index contributed by atoms with van der Waals surface area (Å²) in [5, 5.41) is 10.4. The van der Waals surface area contributed by atoms with E-state index in [0.717, 1.165) is 24.0 Å². The average molecular weight is 356 g/mol. The highest BCUT2D eigenvalue weighted by Gasteiger charge is 2.36. The lowest BCUT2D eigenvalue weighted by molar-refractivity contribution is -0.142. The van der Waals surface area contributed by atoms with Crippen molar-refractivity contribution in [2.24, 2.45) is 5.92 Å². The first-order valence-electron chi connectivity index (χ1n) is 9.03. The van der Waals surface area contributed by atoms with Crippen LogP contribution in [0.2, 0.25) is 0 Å². The summed E-state index contributed by atoms with van der Waals surface area (Å²) in [6.45, 7) is 3.89. The number of nitrogens with one attached hydrogen (secondary N) is 1. The minimum atomic E-state index is -0.740. The van der Waals surface area contributed by atoms with Crippen molar-refractivity contribution < 1.29 is 14.7 Å². The molecule has 1 amide bonds. The number of carboxylic acids is 1. The molecule has 1 aromatic carbocycles. The van der Waals surface area contributed by atoms with Crippen molar-refractivity contribution in [2.45, 2.75) is 6.04 Å². The number of piperazine rings is 1. The van der Waals surface area contributed by atoms with Gasteiger partial charge in [-0.1, -0.05) is 0 Å². The van der Waals surface area contributed by atoms with Crippen LogP contribution in [-0.2, 0) is 4.79 Å². The van der Waals surface area contributed by atoms with Crippen molar-refractivity contribution in [1.82, 2.24) is 19.7 Å². The fraction of sp³-hybridized carbons (Fsp3) is 0.474. The molecule has 1 aromatic heterocycles. The number of hydrogen-bond donors (Lipinski definition) is 2. The van der Waals surface area contributed by atoms with Gasteiger partial charge in [0.1, 0.15) is 0 Å². The molecular weight excluding hydrogens is 332 g/mol. The maximum absolute atomic E-state index is 13.0. The summed E-state index contributed by atoms with van der Waals surface area (Å²) in [7, 11) is 1.96. The normalized spacial score (nSPS) is 25.0. The van der Waals surface area contributed by atoms with Crippen molar-refractivity contribution in [2.75, 3.05) is 46.3 Å².